The van der Waals surface area contributed by atoms with Crippen molar-refractivity contribution in [3.05, 3.63) is 64.5 Å². The molecule has 4 rings (SSSR count). The number of amides is 2. The minimum Gasteiger partial charge on any atom is -0.484 e. The zero-order valence-electron chi connectivity index (χ0n) is 14.4. The number of hydrogen-bond donors (Lipinski definition) is 2. The Hall–Kier alpha value is -3.19. The zero-order chi connectivity index (χ0) is 18.6. The maximum absolute atomic E-state index is 11.9. The second kappa shape index (κ2) is 7.59. The van der Waals surface area contributed by atoms with Crippen LogP contribution in [0.2, 0.25) is 0 Å². The largest absolute Gasteiger partial charge is 0.484 e. The van der Waals surface area contributed by atoms with E-state index in [2.05, 4.69) is 15.6 Å². The van der Waals surface area contributed by atoms with Gasteiger partial charge in [0.1, 0.15) is 10.8 Å². The quantitative estimate of drug-likeness (QED) is 0.690. The van der Waals surface area contributed by atoms with Crippen molar-refractivity contribution in [2.24, 2.45) is 0 Å². The van der Waals surface area contributed by atoms with E-state index in [1.165, 1.54) is 11.3 Å². The lowest BCUT2D eigenvalue weighted by Crippen LogP contribution is -2.28. The highest BCUT2D eigenvalue weighted by molar-refractivity contribution is 7.09. The number of aromatic nitrogens is 1. The average Bonchev–Trinajstić information content (AvgIpc) is 3.30. The molecule has 3 aromatic rings. The predicted octanol–water partition coefficient (Wildman–Crippen LogP) is 3.00. The third-order valence-corrected chi connectivity index (χ3v) is 4.98. The van der Waals surface area contributed by atoms with Crippen LogP contribution in [-0.2, 0) is 22.6 Å². The Bertz CT molecular complexity index is 985. The lowest BCUT2D eigenvalue weighted by atomic mass is 10.1. The first-order chi connectivity index (χ1) is 13.2. The summed E-state index contributed by atoms with van der Waals surface area (Å²) >= 11 is 1.49. The van der Waals surface area contributed by atoms with Gasteiger partial charge in [0.05, 0.1) is 18.7 Å². The van der Waals surface area contributed by atoms with Crippen molar-refractivity contribution in [1.29, 1.82) is 0 Å². The lowest BCUT2D eigenvalue weighted by Gasteiger charge is -2.06. The van der Waals surface area contributed by atoms with E-state index in [0.29, 0.717) is 18.7 Å². The minimum absolute atomic E-state index is 0.0153. The molecule has 2 N–H and O–H groups in total. The number of hydrogen-bond acceptors (Lipinski definition) is 5. The number of nitrogens with zero attached hydrogens (tertiary/aromatic N) is 1. The molecule has 1 aromatic heterocycles. The molecule has 0 saturated carbocycles. The summed E-state index contributed by atoms with van der Waals surface area (Å²) in [5.41, 5.74) is 3.65. The van der Waals surface area contributed by atoms with Gasteiger partial charge in [-0.15, -0.1) is 11.3 Å². The molecule has 0 spiro atoms. The number of rotatable bonds is 6. The summed E-state index contributed by atoms with van der Waals surface area (Å²) in [5.74, 6) is 0.480. The fourth-order valence-corrected chi connectivity index (χ4v) is 3.55. The normalized spacial score (nSPS) is 12.4. The first-order valence-corrected chi connectivity index (χ1v) is 9.37. The fraction of sp³-hybridized carbons (Fsp3) is 0.150. The number of carbonyl (C=O) groups is 2. The van der Waals surface area contributed by atoms with Crippen LogP contribution in [0.25, 0.3) is 11.3 Å². The molecule has 2 aromatic carbocycles. The van der Waals surface area contributed by atoms with Gasteiger partial charge in [0.2, 0.25) is 5.91 Å². The zero-order valence-corrected chi connectivity index (χ0v) is 15.2. The smallest absolute Gasteiger partial charge is 0.258 e. The van der Waals surface area contributed by atoms with Gasteiger partial charge in [-0.3, -0.25) is 9.59 Å². The number of fused-ring (bicyclic) bond motifs is 1. The van der Waals surface area contributed by atoms with Crippen LogP contribution in [0.3, 0.4) is 0 Å². The van der Waals surface area contributed by atoms with E-state index in [0.717, 1.165) is 27.5 Å². The van der Waals surface area contributed by atoms with Crippen molar-refractivity contribution in [1.82, 2.24) is 10.3 Å². The predicted molar refractivity (Wildman–Crippen MR) is 104 cm³/mol. The second-order valence-corrected chi connectivity index (χ2v) is 7.04. The Morgan fingerprint density at radius 1 is 1.22 bits per heavy atom. The van der Waals surface area contributed by atoms with Crippen molar-refractivity contribution in [3.63, 3.8) is 0 Å². The number of benzene rings is 2. The van der Waals surface area contributed by atoms with Gasteiger partial charge < -0.3 is 15.4 Å². The van der Waals surface area contributed by atoms with Crippen molar-refractivity contribution < 1.29 is 14.3 Å². The van der Waals surface area contributed by atoms with Crippen LogP contribution < -0.4 is 15.4 Å². The van der Waals surface area contributed by atoms with Crippen LogP contribution in [0.4, 0.5) is 5.69 Å². The monoisotopic (exact) mass is 379 g/mol. The molecule has 0 aliphatic carbocycles. The Kier molecular flexibility index (Phi) is 4.84. The summed E-state index contributed by atoms with van der Waals surface area (Å²) < 4.78 is 5.42. The van der Waals surface area contributed by atoms with Gasteiger partial charge >= 0.3 is 0 Å². The molecule has 2 heterocycles. The molecule has 0 fully saturated rings. The van der Waals surface area contributed by atoms with Crippen LogP contribution in [0.5, 0.6) is 5.75 Å². The molecular weight excluding hydrogens is 362 g/mol. The second-order valence-electron chi connectivity index (χ2n) is 6.10. The molecule has 2 amide bonds. The average molecular weight is 379 g/mol. The van der Waals surface area contributed by atoms with Crippen LogP contribution in [0, 0.1) is 0 Å². The van der Waals surface area contributed by atoms with Crippen LogP contribution in [0.15, 0.2) is 53.9 Å². The van der Waals surface area contributed by atoms with E-state index in [1.54, 1.807) is 12.1 Å². The van der Waals surface area contributed by atoms with E-state index >= 15 is 0 Å². The van der Waals surface area contributed by atoms with Gasteiger partial charge in [0, 0.05) is 16.6 Å². The van der Waals surface area contributed by atoms with Crippen molar-refractivity contribution >= 4 is 28.8 Å². The van der Waals surface area contributed by atoms with Gasteiger partial charge in [-0.25, -0.2) is 4.98 Å². The number of ether oxygens (including phenoxy) is 1. The first-order valence-electron chi connectivity index (χ1n) is 8.49. The van der Waals surface area contributed by atoms with E-state index in [-0.39, 0.29) is 18.4 Å². The van der Waals surface area contributed by atoms with Crippen molar-refractivity contribution in [2.45, 2.75) is 13.0 Å². The van der Waals surface area contributed by atoms with Gasteiger partial charge in [-0.05, 0) is 29.8 Å². The number of carbonyl (C=O) groups excluding carboxylic acids is 2. The summed E-state index contributed by atoms with van der Waals surface area (Å²) in [6.45, 7) is 0.320. The van der Waals surface area contributed by atoms with Gasteiger partial charge in [-0.1, -0.05) is 24.3 Å². The topological polar surface area (TPSA) is 80.3 Å². The molecule has 1 aliphatic heterocycles. The highest BCUT2D eigenvalue weighted by atomic mass is 32.1. The van der Waals surface area contributed by atoms with E-state index in [1.807, 2.05) is 41.8 Å². The number of para-hydroxylation sites is 1. The van der Waals surface area contributed by atoms with E-state index in [9.17, 15) is 9.59 Å². The number of nitrogens with one attached hydrogen (secondary N) is 2. The highest BCUT2D eigenvalue weighted by Crippen LogP contribution is 2.29. The van der Waals surface area contributed by atoms with Crippen molar-refractivity contribution in [2.75, 3.05) is 11.9 Å². The molecule has 7 heteroatoms. The SMILES string of the molecule is O=C(COc1ccccc1)NCc1nc(-c2ccc3c(c2)CC(=O)N3)cs1. The molecule has 0 radical (unpaired) electrons. The maximum atomic E-state index is 11.9. The summed E-state index contributed by atoms with van der Waals surface area (Å²) in [7, 11) is 0. The molecule has 136 valence electrons. The molecule has 6 nitrogen and oxygen atoms in total. The molecule has 1 aliphatic rings. The Morgan fingerprint density at radius 2 is 2.07 bits per heavy atom. The maximum Gasteiger partial charge on any atom is 0.258 e. The number of thiazole rings is 1. The summed E-state index contributed by atoms with van der Waals surface area (Å²) in [5, 5.41) is 8.40. The van der Waals surface area contributed by atoms with Crippen LogP contribution in [-0.4, -0.2) is 23.4 Å². The third-order valence-electron chi connectivity index (χ3n) is 4.13. The number of anilines is 1. The summed E-state index contributed by atoms with van der Waals surface area (Å²) in [6.07, 6.45) is 0.400. The fourth-order valence-electron chi connectivity index (χ4n) is 2.80. The van der Waals surface area contributed by atoms with Crippen LogP contribution in [0.1, 0.15) is 10.6 Å². The van der Waals surface area contributed by atoms with Crippen LogP contribution >= 0.6 is 11.3 Å². The third kappa shape index (κ3) is 4.15. The lowest BCUT2D eigenvalue weighted by molar-refractivity contribution is -0.123. The van der Waals surface area contributed by atoms with E-state index < -0.39 is 0 Å². The van der Waals surface area contributed by atoms with Gasteiger partial charge in [-0.2, -0.15) is 0 Å². The van der Waals surface area contributed by atoms with Crippen molar-refractivity contribution in [3.8, 4) is 17.0 Å². The standard InChI is InChI=1S/C20H17N3O3S/c24-18-9-14-8-13(6-7-16(14)22-18)17-12-27-20(23-17)10-21-19(25)11-26-15-4-2-1-3-5-15/h1-8,12H,9-11H2,(H,21,25)(H,22,24). The molecular formula is C20H17N3O3S. The first kappa shape index (κ1) is 17.2. The van der Waals surface area contributed by atoms with E-state index in [4.69, 9.17) is 4.74 Å². The molecule has 0 bridgehead atoms. The molecule has 0 unspecified atom stereocenters. The Labute approximate surface area is 160 Å². The Morgan fingerprint density at radius 3 is 2.93 bits per heavy atom. The Balaban J connectivity index is 1.33. The molecule has 27 heavy (non-hydrogen) atoms. The summed E-state index contributed by atoms with van der Waals surface area (Å²) in [6, 6.07) is 15.0. The van der Waals surface area contributed by atoms with Gasteiger partial charge in [0.15, 0.2) is 6.61 Å². The summed E-state index contributed by atoms with van der Waals surface area (Å²) in [4.78, 5) is 28.0. The molecule has 0 atom stereocenters. The minimum atomic E-state index is -0.197. The van der Waals surface area contributed by atoms with Gasteiger partial charge in [0.25, 0.3) is 5.91 Å². The molecule has 0 saturated heterocycles. The highest BCUT2D eigenvalue weighted by Gasteiger charge is 2.18.